The molecule has 1 heterocycles. The third-order valence-corrected chi connectivity index (χ3v) is 6.32. The molecule has 1 N–H and O–H groups in total. The molecule has 6 nitrogen and oxygen atoms in total. The lowest BCUT2D eigenvalue weighted by molar-refractivity contribution is -0.120. The minimum absolute atomic E-state index is 0.0439. The molecule has 7 heteroatoms. The van der Waals surface area contributed by atoms with Gasteiger partial charge in [0.25, 0.3) is 0 Å². The van der Waals surface area contributed by atoms with Crippen LogP contribution in [0.15, 0.2) is 24.3 Å². The maximum absolute atomic E-state index is 12.4. The van der Waals surface area contributed by atoms with E-state index >= 15 is 0 Å². The summed E-state index contributed by atoms with van der Waals surface area (Å²) in [5.41, 5.74) is 0.745. The Kier molecular flexibility index (Phi) is 5.64. The molecule has 1 aromatic rings. The van der Waals surface area contributed by atoms with Gasteiger partial charge in [-0.1, -0.05) is 0 Å². The summed E-state index contributed by atoms with van der Waals surface area (Å²) in [7, 11) is -3.16. The second kappa shape index (κ2) is 7.74. The molecule has 1 aromatic carbocycles. The summed E-state index contributed by atoms with van der Waals surface area (Å²) in [6.07, 6.45) is 7.34. The standard InChI is InChI=1S/C18H26N2O4S/c1-25(22,23)20-12-10-14(11-13-20)18(21)19-15-6-8-17(9-7-15)24-16-4-2-3-5-16/h6-9,14,16H,2-5,10-13H2,1H3,(H,19,21). The molecular formula is C18H26N2O4S. The molecule has 1 aliphatic heterocycles. The molecule has 25 heavy (non-hydrogen) atoms. The van der Waals surface area contributed by atoms with Crippen LogP contribution < -0.4 is 10.1 Å². The van der Waals surface area contributed by atoms with Crippen molar-refractivity contribution in [3.8, 4) is 5.75 Å². The van der Waals surface area contributed by atoms with E-state index < -0.39 is 10.0 Å². The van der Waals surface area contributed by atoms with Crippen molar-refractivity contribution in [1.82, 2.24) is 4.31 Å². The van der Waals surface area contributed by atoms with Crippen LogP contribution in [-0.2, 0) is 14.8 Å². The van der Waals surface area contributed by atoms with E-state index in [-0.39, 0.29) is 11.8 Å². The van der Waals surface area contributed by atoms with Gasteiger partial charge in [0, 0.05) is 24.7 Å². The first-order valence-corrected chi connectivity index (χ1v) is 10.8. The van der Waals surface area contributed by atoms with E-state index in [2.05, 4.69) is 5.32 Å². The van der Waals surface area contributed by atoms with Crippen LogP contribution in [0.3, 0.4) is 0 Å². The number of anilines is 1. The lowest BCUT2D eigenvalue weighted by Crippen LogP contribution is -2.40. The van der Waals surface area contributed by atoms with Gasteiger partial charge in [0.2, 0.25) is 15.9 Å². The van der Waals surface area contributed by atoms with Crippen molar-refractivity contribution in [2.75, 3.05) is 24.7 Å². The fourth-order valence-electron chi connectivity index (χ4n) is 3.51. The van der Waals surface area contributed by atoms with Crippen molar-refractivity contribution in [2.45, 2.75) is 44.6 Å². The molecule has 0 radical (unpaired) electrons. The van der Waals surface area contributed by atoms with E-state index in [1.165, 1.54) is 23.4 Å². The van der Waals surface area contributed by atoms with E-state index in [9.17, 15) is 13.2 Å². The SMILES string of the molecule is CS(=O)(=O)N1CCC(C(=O)Nc2ccc(OC3CCCC3)cc2)CC1. The highest BCUT2D eigenvalue weighted by atomic mass is 32.2. The highest BCUT2D eigenvalue weighted by Crippen LogP contribution is 2.26. The van der Waals surface area contributed by atoms with Crippen LogP contribution in [0.5, 0.6) is 5.75 Å². The van der Waals surface area contributed by atoms with Crippen LogP contribution in [0, 0.1) is 5.92 Å². The van der Waals surface area contributed by atoms with E-state index in [0.717, 1.165) is 24.3 Å². The van der Waals surface area contributed by atoms with Gasteiger partial charge in [0.15, 0.2) is 0 Å². The number of hydrogen-bond acceptors (Lipinski definition) is 4. The summed E-state index contributed by atoms with van der Waals surface area (Å²) >= 11 is 0. The number of ether oxygens (including phenoxy) is 1. The van der Waals surface area contributed by atoms with Gasteiger partial charge in [-0.2, -0.15) is 0 Å². The summed E-state index contributed by atoms with van der Waals surface area (Å²) in [5, 5.41) is 2.92. The zero-order chi connectivity index (χ0) is 17.9. The van der Waals surface area contributed by atoms with Gasteiger partial charge in [-0.15, -0.1) is 0 Å². The third kappa shape index (κ3) is 4.95. The molecule has 2 aliphatic rings. The molecule has 0 bridgehead atoms. The van der Waals surface area contributed by atoms with Crippen molar-refractivity contribution >= 4 is 21.6 Å². The van der Waals surface area contributed by atoms with Crippen LogP contribution in [0.4, 0.5) is 5.69 Å². The molecule has 2 fully saturated rings. The number of nitrogens with zero attached hydrogens (tertiary/aromatic N) is 1. The van der Waals surface area contributed by atoms with E-state index in [4.69, 9.17) is 4.74 Å². The van der Waals surface area contributed by atoms with Gasteiger partial charge < -0.3 is 10.1 Å². The van der Waals surface area contributed by atoms with Gasteiger partial charge >= 0.3 is 0 Å². The third-order valence-electron chi connectivity index (χ3n) is 5.02. The molecule has 0 aromatic heterocycles. The Labute approximate surface area is 149 Å². The van der Waals surface area contributed by atoms with Crippen LogP contribution >= 0.6 is 0 Å². The molecule has 1 aliphatic carbocycles. The number of hydrogen-bond donors (Lipinski definition) is 1. The highest BCUT2D eigenvalue weighted by Gasteiger charge is 2.28. The molecule has 1 saturated heterocycles. The predicted octanol–water partition coefficient (Wildman–Crippen LogP) is 2.62. The molecule has 0 spiro atoms. The summed E-state index contributed by atoms with van der Waals surface area (Å²) in [6, 6.07) is 7.49. The van der Waals surface area contributed by atoms with Gasteiger partial charge in [0.1, 0.15) is 5.75 Å². The monoisotopic (exact) mass is 366 g/mol. The Bertz CT molecular complexity index is 688. The quantitative estimate of drug-likeness (QED) is 0.869. The lowest BCUT2D eigenvalue weighted by Gasteiger charge is -2.29. The zero-order valence-electron chi connectivity index (χ0n) is 14.6. The number of benzene rings is 1. The van der Waals surface area contributed by atoms with E-state index in [1.807, 2.05) is 24.3 Å². The molecule has 1 amide bonds. The Hall–Kier alpha value is -1.60. The van der Waals surface area contributed by atoms with E-state index in [1.54, 1.807) is 0 Å². The molecule has 3 rings (SSSR count). The number of piperidine rings is 1. The smallest absolute Gasteiger partial charge is 0.227 e. The van der Waals surface area contributed by atoms with Crippen LogP contribution in [0.2, 0.25) is 0 Å². The van der Waals surface area contributed by atoms with Gasteiger partial charge in [-0.25, -0.2) is 12.7 Å². The average molecular weight is 366 g/mol. The number of amides is 1. The Balaban J connectivity index is 1.49. The number of rotatable bonds is 5. The summed E-state index contributed by atoms with van der Waals surface area (Å²) in [4.78, 5) is 12.4. The lowest BCUT2D eigenvalue weighted by atomic mass is 9.97. The topological polar surface area (TPSA) is 75.7 Å². The normalized spacial score (nSPS) is 20.5. The summed E-state index contributed by atoms with van der Waals surface area (Å²) in [5.74, 6) is 0.649. The molecule has 1 saturated carbocycles. The zero-order valence-corrected chi connectivity index (χ0v) is 15.4. The molecular weight excluding hydrogens is 340 g/mol. The fraction of sp³-hybridized carbons (Fsp3) is 0.611. The first-order chi connectivity index (χ1) is 11.9. The minimum Gasteiger partial charge on any atom is -0.490 e. The predicted molar refractivity (Wildman–Crippen MR) is 97.1 cm³/mol. The Morgan fingerprint density at radius 2 is 1.68 bits per heavy atom. The van der Waals surface area contributed by atoms with Gasteiger partial charge in [-0.3, -0.25) is 4.79 Å². The second-order valence-electron chi connectivity index (χ2n) is 6.97. The molecule has 0 unspecified atom stereocenters. The number of nitrogens with one attached hydrogen (secondary N) is 1. The summed E-state index contributed by atoms with van der Waals surface area (Å²) in [6.45, 7) is 0.816. The van der Waals surface area contributed by atoms with Crippen LogP contribution in [-0.4, -0.2) is 44.1 Å². The van der Waals surface area contributed by atoms with Gasteiger partial charge in [-0.05, 0) is 62.8 Å². The fourth-order valence-corrected chi connectivity index (χ4v) is 4.38. The second-order valence-corrected chi connectivity index (χ2v) is 8.96. The number of carbonyl (C=O) groups excluding carboxylic acids is 1. The molecule has 0 atom stereocenters. The minimum atomic E-state index is -3.16. The van der Waals surface area contributed by atoms with Gasteiger partial charge in [0.05, 0.1) is 12.4 Å². The van der Waals surface area contributed by atoms with Crippen LogP contribution in [0.25, 0.3) is 0 Å². The van der Waals surface area contributed by atoms with Crippen molar-refractivity contribution in [1.29, 1.82) is 0 Å². The maximum atomic E-state index is 12.4. The van der Waals surface area contributed by atoms with Crippen molar-refractivity contribution < 1.29 is 17.9 Å². The maximum Gasteiger partial charge on any atom is 0.227 e. The summed E-state index contributed by atoms with van der Waals surface area (Å²) < 4.78 is 30.4. The first-order valence-electron chi connectivity index (χ1n) is 8.94. The van der Waals surface area contributed by atoms with E-state index in [0.29, 0.717) is 32.0 Å². The van der Waals surface area contributed by atoms with Crippen molar-refractivity contribution in [2.24, 2.45) is 5.92 Å². The Morgan fingerprint density at radius 3 is 2.24 bits per heavy atom. The van der Waals surface area contributed by atoms with Crippen molar-refractivity contribution in [3.05, 3.63) is 24.3 Å². The number of sulfonamides is 1. The van der Waals surface area contributed by atoms with Crippen molar-refractivity contribution in [3.63, 3.8) is 0 Å². The highest BCUT2D eigenvalue weighted by molar-refractivity contribution is 7.88. The average Bonchev–Trinajstić information content (AvgIpc) is 3.09. The first kappa shape index (κ1) is 18.2. The number of carbonyl (C=O) groups is 1. The largest absolute Gasteiger partial charge is 0.490 e. The Morgan fingerprint density at radius 1 is 1.08 bits per heavy atom. The van der Waals surface area contributed by atoms with Crippen LogP contribution in [0.1, 0.15) is 38.5 Å². The molecule has 138 valence electrons.